The second kappa shape index (κ2) is 4.04. The highest BCUT2D eigenvalue weighted by atomic mass is 35.5. The van der Waals surface area contributed by atoms with Gasteiger partial charge in [-0.15, -0.1) is 0 Å². The van der Waals surface area contributed by atoms with Crippen molar-refractivity contribution in [1.82, 2.24) is 10.1 Å². The highest BCUT2D eigenvalue weighted by Crippen LogP contribution is 2.32. The molecule has 0 bridgehead atoms. The van der Waals surface area contributed by atoms with Crippen molar-refractivity contribution < 1.29 is 4.52 Å². The molecular formula is C12H12ClN3O. The van der Waals surface area contributed by atoms with Gasteiger partial charge in [-0.1, -0.05) is 16.8 Å². The van der Waals surface area contributed by atoms with E-state index in [1.807, 2.05) is 0 Å². The molecule has 0 unspecified atom stereocenters. The molecule has 17 heavy (non-hydrogen) atoms. The topological polar surface area (TPSA) is 64.9 Å². The molecule has 1 aromatic heterocycles. The van der Waals surface area contributed by atoms with E-state index < -0.39 is 0 Å². The molecule has 2 aromatic rings. The van der Waals surface area contributed by atoms with E-state index in [-0.39, 0.29) is 0 Å². The zero-order valence-corrected chi connectivity index (χ0v) is 9.94. The third kappa shape index (κ3) is 2.42. The summed E-state index contributed by atoms with van der Waals surface area (Å²) in [6.45, 7) is 0. The van der Waals surface area contributed by atoms with Gasteiger partial charge in [0.1, 0.15) is 0 Å². The molecule has 1 saturated carbocycles. The zero-order chi connectivity index (χ0) is 11.8. The third-order valence-electron chi connectivity index (χ3n) is 2.80. The van der Waals surface area contributed by atoms with Crippen LogP contribution in [0, 0.1) is 5.92 Å². The molecule has 5 heteroatoms. The molecule has 3 rings (SSSR count). The lowest BCUT2D eigenvalue weighted by molar-refractivity contribution is 0.421. The van der Waals surface area contributed by atoms with Crippen molar-refractivity contribution in [1.29, 1.82) is 0 Å². The van der Waals surface area contributed by atoms with Crippen molar-refractivity contribution in [3.8, 4) is 11.5 Å². The van der Waals surface area contributed by atoms with Crippen LogP contribution in [0.5, 0.6) is 0 Å². The average Bonchev–Trinajstić information content (AvgIpc) is 2.93. The molecule has 0 spiro atoms. The van der Waals surface area contributed by atoms with Crippen molar-refractivity contribution >= 4 is 17.3 Å². The quantitative estimate of drug-likeness (QED) is 0.850. The Labute approximate surface area is 104 Å². The van der Waals surface area contributed by atoms with Crippen LogP contribution in [0.3, 0.4) is 0 Å². The van der Waals surface area contributed by atoms with Gasteiger partial charge in [-0.2, -0.15) is 4.98 Å². The Morgan fingerprint density at radius 1 is 1.35 bits per heavy atom. The molecule has 0 saturated heterocycles. The van der Waals surface area contributed by atoms with Gasteiger partial charge in [0, 0.05) is 22.7 Å². The largest absolute Gasteiger partial charge is 0.399 e. The lowest BCUT2D eigenvalue weighted by Crippen LogP contribution is -1.90. The number of aromatic nitrogens is 2. The van der Waals surface area contributed by atoms with E-state index in [9.17, 15) is 0 Å². The van der Waals surface area contributed by atoms with Crippen LogP contribution in [0.4, 0.5) is 5.69 Å². The Kier molecular flexibility index (Phi) is 2.52. The minimum absolute atomic E-state index is 0.481. The number of anilines is 1. The standard InChI is InChI=1S/C12H12ClN3O/c13-9-4-8(5-10(14)6-9)12-15-11(16-17-12)3-7-1-2-7/h4-7H,1-3,14H2. The van der Waals surface area contributed by atoms with E-state index >= 15 is 0 Å². The first-order valence-electron chi connectivity index (χ1n) is 5.60. The summed E-state index contributed by atoms with van der Waals surface area (Å²) in [6, 6.07) is 5.24. The molecule has 1 fully saturated rings. The van der Waals surface area contributed by atoms with Crippen LogP contribution in [0.25, 0.3) is 11.5 Å². The summed E-state index contributed by atoms with van der Waals surface area (Å²) in [4.78, 5) is 4.35. The van der Waals surface area contributed by atoms with E-state index in [0.29, 0.717) is 16.6 Å². The first-order chi connectivity index (χ1) is 8.20. The summed E-state index contributed by atoms with van der Waals surface area (Å²) in [7, 11) is 0. The first kappa shape index (κ1) is 10.6. The molecule has 2 N–H and O–H groups in total. The van der Waals surface area contributed by atoms with Gasteiger partial charge >= 0.3 is 0 Å². The summed E-state index contributed by atoms with van der Waals surface area (Å²) in [5.74, 6) is 1.99. The van der Waals surface area contributed by atoms with E-state index in [0.717, 1.165) is 23.7 Å². The lowest BCUT2D eigenvalue weighted by atomic mass is 10.2. The number of nitrogens with zero attached hydrogens (tertiary/aromatic N) is 2. The van der Waals surface area contributed by atoms with Gasteiger partial charge in [0.2, 0.25) is 0 Å². The van der Waals surface area contributed by atoms with Crippen molar-refractivity contribution in [3.05, 3.63) is 29.0 Å². The number of halogens is 1. The number of nitrogen functional groups attached to an aromatic ring is 1. The van der Waals surface area contributed by atoms with E-state index in [1.54, 1.807) is 18.2 Å². The highest BCUT2D eigenvalue weighted by Gasteiger charge is 2.24. The molecule has 0 radical (unpaired) electrons. The fraction of sp³-hybridized carbons (Fsp3) is 0.333. The van der Waals surface area contributed by atoms with Crippen LogP contribution in [0.2, 0.25) is 5.02 Å². The van der Waals surface area contributed by atoms with E-state index in [2.05, 4.69) is 10.1 Å². The van der Waals surface area contributed by atoms with Crippen LogP contribution in [-0.4, -0.2) is 10.1 Å². The van der Waals surface area contributed by atoms with Gasteiger partial charge < -0.3 is 10.3 Å². The molecule has 0 aliphatic heterocycles. The monoisotopic (exact) mass is 249 g/mol. The number of rotatable bonds is 3. The second-order valence-corrected chi connectivity index (χ2v) is 4.87. The van der Waals surface area contributed by atoms with Gasteiger partial charge in [0.05, 0.1) is 0 Å². The fourth-order valence-electron chi connectivity index (χ4n) is 1.77. The van der Waals surface area contributed by atoms with Crippen LogP contribution in [-0.2, 0) is 6.42 Å². The van der Waals surface area contributed by atoms with Gasteiger partial charge in [-0.05, 0) is 37.0 Å². The van der Waals surface area contributed by atoms with Crippen LogP contribution in [0.1, 0.15) is 18.7 Å². The van der Waals surface area contributed by atoms with Gasteiger partial charge in [0.25, 0.3) is 5.89 Å². The molecule has 0 amide bonds. The molecule has 1 heterocycles. The maximum absolute atomic E-state index is 5.93. The molecule has 0 atom stereocenters. The minimum Gasteiger partial charge on any atom is -0.399 e. The number of nitrogens with two attached hydrogens (primary N) is 1. The smallest absolute Gasteiger partial charge is 0.258 e. The van der Waals surface area contributed by atoms with E-state index in [1.165, 1.54) is 12.8 Å². The molecule has 1 aliphatic rings. The summed E-state index contributed by atoms with van der Waals surface area (Å²) < 4.78 is 5.21. The fourth-order valence-corrected chi connectivity index (χ4v) is 2.01. The van der Waals surface area contributed by atoms with E-state index in [4.69, 9.17) is 21.9 Å². The number of benzene rings is 1. The zero-order valence-electron chi connectivity index (χ0n) is 9.19. The van der Waals surface area contributed by atoms with Crippen molar-refractivity contribution in [2.75, 3.05) is 5.73 Å². The first-order valence-corrected chi connectivity index (χ1v) is 5.97. The average molecular weight is 250 g/mol. The second-order valence-electron chi connectivity index (χ2n) is 4.44. The summed E-state index contributed by atoms with van der Waals surface area (Å²) in [5, 5.41) is 4.53. The third-order valence-corrected chi connectivity index (χ3v) is 3.02. The minimum atomic E-state index is 0.481. The van der Waals surface area contributed by atoms with Gasteiger partial charge in [-0.3, -0.25) is 0 Å². The Hall–Kier alpha value is -1.55. The molecular weight excluding hydrogens is 238 g/mol. The maximum Gasteiger partial charge on any atom is 0.258 e. The van der Waals surface area contributed by atoms with Crippen LogP contribution >= 0.6 is 11.6 Å². The van der Waals surface area contributed by atoms with Gasteiger partial charge in [-0.25, -0.2) is 0 Å². The molecule has 1 aliphatic carbocycles. The number of hydrogen-bond donors (Lipinski definition) is 1. The van der Waals surface area contributed by atoms with Crippen LogP contribution < -0.4 is 5.73 Å². The SMILES string of the molecule is Nc1cc(Cl)cc(-c2nc(CC3CC3)no2)c1. The van der Waals surface area contributed by atoms with Crippen LogP contribution in [0.15, 0.2) is 22.7 Å². The summed E-state index contributed by atoms with van der Waals surface area (Å²) in [6.07, 6.45) is 3.45. The Balaban J connectivity index is 1.88. The van der Waals surface area contributed by atoms with Crippen molar-refractivity contribution in [2.24, 2.45) is 5.92 Å². The number of hydrogen-bond acceptors (Lipinski definition) is 4. The normalized spacial score (nSPS) is 15.1. The maximum atomic E-state index is 5.93. The summed E-state index contributed by atoms with van der Waals surface area (Å²) >= 11 is 5.93. The lowest BCUT2D eigenvalue weighted by Gasteiger charge is -1.98. The molecule has 88 valence electrons. The Morgan fingerprint density at radius 2 is 2.18 bits per heavy atom. The highest BCUT2D eigenvalue weighted by molar-refractivity contribution is 6.31. The Morgan fingerprint density at radius 3 is 2.88 bits per heavy atom. The predicted molar refractivity (Wildman–Crippen MR) is 65.6 cm³/mol. The van der Waals surface area contributed by atoms with Crippen molar-refractivity contribution in [2.45, 2.75) is 19.3 Å². The van der Waals surface area contributed by atoms with Crippen molar-refractivity contribution in [3.63, 3.8) is 0 Å². The predicted octanol–water partition coefficient (Wildman–Crippen LogP) is 2.92. The van der Waals surface area contributed by atoms with Gasteiger partial charge in [0.15, 0.2) is 5.82 Å². The molecule has 4 nitrogen and oxygen atoms in total. The molecule has 1 aromatic carbocycles. The Bertz CT molecular complexity index is 528. The summed E-state index contributed by atoms with van der Waals surface area (Å²) in [5.41, 5.74) is 7.08.